The normalized spacial score (nSPS) is 20.0. The molecule has 1 aromatic heterocycles. The van der Waals surface area contributed by atoms with Gasteiger partial charge in [-0.3, -0.25) is 9.59 Å². The van der Waals surface area contributed by atoms with Gasteiger partial charge in [-0.05, 0) is 52.0 Å². The molecule has 2 aliphatic rings. The summed E-state index contributed by atoms with van der Waals surface area (Å²) in [5.74, 6) is 1.02. The third kappa shape index (κ3) is 4.53. The van der Waals surface area contributed by atoms with Gasteiger partial charge in [0.05, 0.1) is 16.7 Å². The van der Waals surface area contributed by atoms with Crippen molar-refractivity contribution in [3.05, 3.63) is 58.2 Å². The van der Waals surface area contributed by atoms with E-state index in [0.717, 1.165) is 50.9 Å². The van der Waals surface area contributed by atoms with Crippen molar-refractivity contribution < 1.29 is 9.59 Å². The van der Waals surface area contributed by atoms with Crippen LogP contribution in [0.4, 0.5) is 0 Å². The second kappa shape index (κ2) is 9.24. The van der Waals surface area contributed by atoms with Crippen molar-refractivity contribution in [2.24, 2.45) is 0 Å². The highest BCUT2D eigenvalue weighted by Crippen LogP contribution is 2.44. The predicted molar refractivity (Wildman–Crippen MR) is 129 cm³/mol. The van der Waals surface area contributed by atoms with Gasteiger partial charge in [0.2, 0.25) is 5.91 Å². The number of piperidine rings is 1. The van der Waals surface area contributed by atoms with Crippen LogP contribution in [-0.4, -0.2) is 58.8 Å². The van der Waals surface area contributed by atoms with E-state index in [2.05, 4.69) is 41.9 Å². The Morgan fingerprint density at radius 3 is 2.30 bits per heavy atom. The lowest BCUT2D eigenvalue weighted by Crippen LogP contribution is -2.49. The Labute approximate surface area is 197 Å². The quantitative estimate of drug-likeness (QED) is 0.699. The molecule has 1 aliphatic heterocycles. The van der Waals surface area contributed by atoms with Crippen LogP contribution in [0.1, 0.15) is 83.0 Å². The number of aromatic nitrogens is 2. The maximum atomic E-state index is 14.0. The lowest BCUT2D eigenvalue weighted by molar-refractivity contribution is -0.138. The number of hydrogen-bond acceptors (Lipinski definition) is 4. The largest absolute Gasteiger partial charge is 0.345 e. The summed E-state index contributed by atoms with van der Waals surface area (Å²) >= 11 is 0. The fraction of sp³-hybridized carbons (Fsp3) is 0.556. The van der Waals surface area contributed by atoms with E-state index in [9.17, 15) is 9.59 Å². The average Bonchev–Trinajstić information content (AvgIpc) is 3.29. The van der Waals surface area contributed by atoms with Crippen LogP contribution in [0.5, 0.6) is 0 Å². The van der Waals surface area contributed by atoms with Crippen molar-refractivity contribution in [3.63, 3.8) is 0 Å². The number of carbonyl (C=O) groups excluding carboxylic acids is 2. The Morgan fingerprint density at radius 2 is 1.70 bits per heavy atom. The average molecular weight is 449 g/mol. The third-order valence-electron chi connectivity index (χ3n) is 7.35. The van der Waals surface area contributed by atoms with Crippen molar-refractivity contribution in [2.45, 2.75) is 70.6 Å². The number of nitrogens with zero attached hydrogens (tertiary/aromatic N) is 4. The lowest BCUT2D eigenvalue weighted by atomic mass is 9.76. The first kappa shape index (κ1) is 23.4. The van der Waals surface area contributed by atoms with Crippen LogP contribution in [0, 0.1) is 20.8 Å². The minimum Gasteiger partial charge on any atom is -0.345 e. The van der Waals surface area contributed by atoms with Crippen LogP contribution in [-0.2, 0) is 10.2 Å². The van der Waals surface area contributed by atoms with E-state index in [0.29, 0.717) is 17.8 Å². The molecule has 2 amide bonds. The number of rotatable bonds is 4. The van der Waals surface area contributed by atoms with Crippen LogP contribution in [0.2, 0.25) is 0 Å². The maximum absolute atomic E-state index is 14.0. The summed E-state index contributed by atoms with van der Waals surface area (Å²) in [5.41, 5.74) is 4.45. The zero-order valence-corrected chi connectivity index (χ0v) is 20.6. The Morgan fingerprint density at radius 1 is 1.03 bits per heavy atom. The van der Waals surface area contributed by atoms with Gasteiger partial charge >= 0.3 is 0 Å². The minimum absolute atomic E-state index is 0.0869. The van der Waals surface area contributed by atoms with Crippen molar-refractivity contribution in [3.8, 4) is 0 Å². The highest BCUT2D eigenvalue weighted by Gasteiger charge is 2.46. The van der Waals surface area contributed by atoms with E-state index in [1.54, 1.807) is 25.2 Å². The Kier molecular flexibility index (Phi) is 6.55. The summed E-state index contributed by atoms with van der Waals surface area (Å²) in [6.07, 6.45) is 7.59. The molecule has 0 spiro atoms. The highest BCUT2D eigenvalue weighted by molar-refractivity contribution is 5.94. The fourth-order valence-electron chi connectivity index (χ4n) is 5.66. The highest BCUT2D eigenvalue weighted by atomic mass is 16.2. The van der Waals surface area contributed by atoms with E-state index in [-0.39, 0.29) is 17.7 Å². The second-order valence-electron chi connectivity index (χ2n) is 10.2. The molecule has 0 unspecified atom stereocenters. The van der Waals surface area contributed by atoms with E-state index in [4.69, 9.17) is 4.98 Å². The zero-order valence-electron chi connectivity index (χ0n) is 20.6. The molecule has 33 heavy (non-hydrogen) atoms. The van der Waals surface area contributed by atoms with Gasteiger partial charge in [0.15, 0.2) is 0 Å². The van der Waals surface area contributed by atoms with Crippen LogP contribution in [0.3, 0.4) is 0 Å². The summed E-state index contributed by atoms with van der Waals surface area (Å²) in [5, 5.41) is 0. The maximum Gasteiger partial charge on any atom is 0.256 e. The number of hydrogen-bond donors (Lipinski definition) is 0. The van der Waals surface area contributed by atoms with Crippen LogP contribution in [0.15, 0.2) is 24.4 Å². The summed E-state index contributed by atoms with van der Waals surface area (Å²) in [6, 6.07) is 6.60. The van der Waals surface area contributed by atoms with E-state index in [1.807, 2.05) is 6.92 Å². The Hall–Kier alpha value is -2.76. The van der Waals surface area contributed by atoms with Crippen molar-refractivity contribution in [1.82, 2.24) is 19.8 Å². The van der Waals surface area contributed by atoms with Gasteiger partial charge in [0.25, 0.3) is 5.91 Å². The number of benzene rings is 1. The standard InChI is InChI=1S/C27H36N4O2/c1-18-13-19(2)15-22(14-18)27(10-6-7-11-27)26(33)31-12-8-9-21(17-31)24-28-16-23(20(3)29-24)25(32)30(4)5/h13-16,21H,6-12,17H2,1-5H3/t21-/m0/s1. The molecule has 0 radical (unpaired) electrons. The molecular formula is C27H36N4O2. The van der Waals surface area contributed by atoms with Gasteiger partial charge in [-0.1, -0.05) is 42.2 Å². The van der Waals surface area contributed by atoms with Crippen molar-refractivity contribution in [1.29, 1.82) is 0 Å². The van der Waals surface area contributed by atoms with Gasteiger partial charge < -0.3 is 9.80 Å². The SMILES string of the molecule is Cc1cc(C)cc(C2(C(=O)N3CCC[C@H](c4ncc(C(=O)N(C)C)c(C)n4)C3)CCCC2)c1. The molecule has 1 aromatic carbocycles. The summed E-state index contributed by atoms with van der Waals surface area (Å²) < 4.78 is 0. The summed E-state index contributed by atoms with van der Waals surface area (Å²) in [6.45, 7) is 7.53. The molecule has 4 rings (SSSR count). The number of aryl methyl sites for hydroxylation is 3. The van der Waals surface area contributed by atoms with Crippen LogP contribution in [0.25, 0.3) is 0 Å². The fourth-order valence-corrected chi connectivity index (χ4v) is 5.66. The summed E-state index contributed by atoms with van der Waals surface area (Å²) in [4.78, 5) is 39.3. The molecule has 176 valence electrons. The molecule has 6 heteroatoms. The van der Waals surface area contributed by atoms with Crippen molar-refractivity contribution in [2.75, 3.05) is 27.2 Å². The molecule has 1 atom stereocenters. The van der Waals surface area contributed by atoms with E-state index >= 15 is 0 Å². The topological polar surface area (TPSA) is 66.4 Å². The lowest BCUT2D eigenvalue weighted by Gasteiger charge is -2.39. The molecule has 0 bridgehead atoms. The summed E-state index contributed by atoms with van der Waals surface area (Å²) in [7, 11) is 3.46. The van der Waals surface area contributed by atoms with Gasteiger partial charge in [0, 0.05) is 39.3 Å². The van der Waals surface area contributed by atoms with E-state index in [1.165, 1.54) is 16.7 Å². The molecular weight excluding hydrogens is 412 g/mol. The molecule has 2 heterocycles. The van der Waals surface area contributed by atoms with Crippen LogP contribution < -0.4 is 0 Å². The first-order valence-electron chi connectivity index (χ1n) is 12.1. The first-order chi connectivity index (χ1) is 15.7. The Balaban J connectivity index is 1.58. The van der Waals surface area contributed by atoms with E-state index < -0.39 is 5.41 Å². The molecule has 0 N–H and O–H groups in total. The van der Waals surface area contributed by atoms with Crippen molar-refractivity contribution >= 4 is 11.8 Å². The minimum atomic E-state index is -0.405. The monoisotopic (exact) mass is 448 g/mol. The van der Waals surface area contributed by atoms with Crippen LogP contribution >= 0.6 is 0 Å². The molecule has 1 aliphatic carbocycles. The molecule has 2 fully saturated rings. The molecule has 6 nitrogen and oxygen atoms in total. The third-order valence-corrected chi connectivity index (χ3v) is 7.35. The second-order valence-corrected chi connectivity index (χ2v) is 10.2. The predicted octanol–water partition coefficient (Wildman–Crippen LogP) is 4.32. The van der Waals surface area contributed by atoms with Gasteiger partial charge in [-0.15, -0.1) is 0 Å². The molecule has 2 aromatic rings. The number of amides is 2. The smallest absolute Gasteiger partial charge is 0.256 e. The first-order valence-corrected chi connectivity index (χ1v) is 12.1. The number of carbonyl (C=O) groups is 2. The van der Waals surface area contributed by atoms with Gasteiger partial charge in [0.1, 0.15) is 5.82 Å². The van der Waals surface area contributed by atoms with Gasteiger partial charge in [-0.25, -0.2) is 9.97 Å². The van der Waals surface area contributed by atoms with Gasteiger partial charge in [-0.2, -0.15) is 0 Å². The Bertz CT molecular complexity index is 1040. The number of likely N-dealkylation sites (tertiary alicyclic amines) is 1. The zero-order chi connectivity index (χ0) is 23.8. The molecule has 1 saturated carbocycles. The molecule has 1 saturated heterocycles.